The van der Waals surface area contributed by atoms with Gasteiger partial charge in [0.15, 0.2) is 0 Å². The summed E-state index contributed by atoms with van der Waals surface area (Å²) < 4.78 is 5.83. The molecule has 1 saturated heterocycles. The van der Waals surface area contributed by atoms with Crippen molar-refractivity contribution in [1.82, 2.24) is 4.90 Å². The Kier molecular flexibility index (Phi) is 6.70. The summed E-state index contributed by atoms with van der Waals surface area (Å²) in [4.78, 5) is 34.9. The fourth-order valence-electron chi connectivity index (χ4n) is 2.57. The van der Waals surface area contributed by atoms with Crippen LogP contribution in [0.3, 0.4) is 0 Å². The molecule has 0 bridgehead atoms. The number of carbonyl (C=O) groups is 2. The lowest BCUT2D eigenvalue weighted by Crippen LogP contribution is -2.40. The number of rotatable bonds is 7. The molecule has 0 aliphatic carbocycles. The van der Waals surface area contributed by atoms with E-state index in [0.717, 1.165) is 16.7 Å². The quantitative estimate of drug-likeness (QED) is 0.266. The van der Waals surface area contributed by atoms with Gasteiger partial charge >= 0.3 is 0 Å². The van der Waals surface area contributed by atoms with Gasteiger partial charge in [-0.3, -0.25) is 19.8 Å². The van der Waals surface area contributed by atoms with Crippen LogP contribution in [0.2, 0.25) is 5.02 Å². The minimum absolute atomic E-state index is 0.0550. The summed E-state index contributed by atoms with van der Waals surface area (Å²) in [6.07, 6.45) is 1.38. The van der Waals surface area contributed by atoms with Gasteiger partial charge in [-0.2, -0.15) is 0 Å². The molecule has 3 rings (SSSR count). The number of hydrogen-bond acceptors (Lipinski definition) is 8. The number of nitro groups is 1. The molecule has 1 aliphatic heterocycles. The SMILES string of the molecule is O=C([O-])CN1C(=O)/C(=C\c2cc([N+](=O)[O-])ccc2OCc2ccccc2Cl)SC1=S. The van der Waals surface area contributed by atoms with E-state index in [4.69, 9.17) is 28.6 Å². The highest BCUT2D eigenvalue weighted by molar-refractivity contribution is 8.26. The zero-order valence-corrected chi connectivity index (χ0v) is 17.5. The fraction of sp³-hybridized carbons (Fsp3) is 0.105. The smallest absolute Gasteiger partial charge is 0.270 e. The van der Waals surface area contributed by atoms with Gasteiger partial charge in [-0.05, 0) is 18.2 Å². The first-order chi connectivity index (χ1) is 14.3. The third-order valence-corrected chi connectivity index (χ3v) is 5.74. The predicted octanol–water partition coefficient (Wildman–Crippen LogP) is 2.78. The molecule has 8 nitrogen and oxygen atoms in total. The van der Waals surface area contributed by atoms with Crippen molar-refractivity contribution in [3.8, 4) is 5.75 Å². The zero-order valence-electron chi connectivity index (χ0n) is 15.1. The van der Waals surface area contributed by atoms with Gasteiger partial charge in [0, 0.05) is 28.3 Å². The maximum atomic E-state index is 12.5. The molecule has 0 unspecified atom stereocenters. The molecule has 1 heterocycles. The third kappa shape index (κ3) is 4.96. The molecule has 30 heavy (non-hydrogen) atoms. The lowest BCUT2D eigenvalue weighted by molar-refractivity contribution is -0.384. The normalized spacial score (nSPS) is 15.0. The molecule has 0 aromatic heterocycles. The molecule has 0 radical (unpaired) electrons. The van der Waals surface area contributed by atoms with Crippen LogP contribution in [0.1, 0.15) is 11.1 Å². The number of nitrogens with zero attached hydrogens (tertiary/aromatic N) is 2. The van der Waals surface area contributed by atoms with E-state index in [1.54, 1.807) is 24.3 Å². The van der Waals surface area contributed by atoms with Gasteiger partial charge in [0.25, 0.3) is 11.6 Å². The number of carbonyl (C=O) groups excluding carboxylic acids is 2. The highest BCUT2D eigenvalue weighted by Crippen LogP contribution is 2.35. The predicted molar refractivity (Wildman–Crippen MR) is 114 cm³/mol. The fourth-order valence-corrected chi connectivity index (χ4v) is 4.01. The van der Waals surface area contributed by atoms with Gasteiger partial charge in [0.2, 0.25) is 0 Å². The van der Waals surface area contributed by atoms with Gasteiger partial charge in [-0.1, -0.05) is 53.8 Å². The topological polar surface area (TPSA) is 113 Å². The summed E-state index contributed by atoms with van der Waals surface area (Å²) in [5.41, 5.74) is 0.783. The summed E-state index contributed by atoms with van der Waals surface area (Å²) in [5, 5.41) is 22.5. The standard InChI is InChI=1S/C19H13ClN2O6S2/c20-14-4-2-1-3-11(14)10-28-15-6-5-13(22(26)27)7-12(15)8-16-18(25)21(9-17(23)24)19(29)30-16/h1-8H,9-10H2,(H,23,24)/p-1/b16-8+. The van der Waals surface area contributed by atoms with Crippen LogP contribution in [-0.4, -0.2) is 32.6 Å². The van der Waals surface area contributed by atoms with Crippen molar-refractivity contribution in [2.75, 3.05) is 6.54 Å². The minimum Gasteiger partial charge on any atom is -0.548 e. The Morgan fingerprint density at radius 3 is 2.70 bits per heavy atom. The first-order valence-corrected chi connectivity index (χ1v) is 9.96. The Bertz CT molecular complexity index is 1090. The largest absolute Gasteiger partial charge is 0.548 e. The highest BCUT2D eigenvalue weighted by atomic mass is 35.5. The Labute approximate surface area is 185 Å². The van der Waals surface area contributed by atoms with E-state index < -0.39 is 23.3 Å². The number of thiocarbonyl (C=S) groups is 1. The van der Waals surface area contributed by atoms with Crippen LogP contribution in [0.15, 0.2) is 47.4 Å². The molecule has 1 aliphatic rings. The molecule has 0 atom stereocenters. The maximum absolute atomic E-state index is 12.5. The first-order valence-electron chi connectivity index (χ1n) is 8.36. The second-order valence-electron chi connectivity index (χ2n) is 6.00. The zero-order chi connectivity index (χ0) is 21.8. The van der Waals surface area contributed by atoms with Gasteiger partial charge < -0.3 is 14.6 Å². The van der Waals surface area contributed by atoms with E-state index in [1.807, 2.05) is 0 Å². The number of nitro benzene ring substituents is 1. The Morgan fingerprint density at radius 1 is 1.30 bits per heavy atom. The minimum atomic E-state index is -1.45. The third-order valence-electron chi connectivity index (χ3n) is 3.99. The van der Waals surface area contributed by atoms with E-state index in [-0.39, 0.29) is 32.8 Å². The van der Waals surface area contributed by atoms with Gasteiger partial charge in [-0.25, -0.2) is 0 Å². The van der Waals surface area contributed by atoms with E-state index in [0.29, 0.717) is 10.6 Å². The summed E-state index contributed by atoms with van der Waals surface area (Å²) in [5.74, 6) is -1.80. The number of benzene rings is 2. The lowest BCUT2D eigenvalue weighted by Gasteiger charge is -2.14. The van der Waals surface area contributed by atoms with Crippen molar-refractivity contribution in [2.45, 2.75) is 6.61 Å². The average Bonchev–Trinajstić information content (AvgIpc) is 2.95. The summed E-state index contributed by atoms with van der Waals surface area (Å²) >= 11 is 12.1. The van der Waals surface area contributed by atoms with Gasteiger partial charge in [0.1, 0.15) is 16.7 Å². The molecule has 2 aromatic rings. The van der Waals surface area contributed by atoms with Crippen molar-refractivity contribution in [1.29, 1.82) is 0 Å². The maximum Gasteiger partial charge on any atom is 0.270 e. The number of amides is 1. The van der Waals surface area contributed by atoms with Crippen molar-refractivity contribution in [3.05, 3.63) is 73.6 Å². The average molecular weight is 464 g/mol. The molecular formula is C19H12ClN2O6S2-. The van der Waals surface area contributed by atoms with Crippen LogP contribution < -0.4 is 9.84 Å². The number of aliphatic carboxylic acids is 1. The van der Waals surface area contributed by atoms with E-state index in [9.17, 15) is 24.8 Å². The van der Waals surface area contributed by atoms with Crippen molar-refractivity contribution >= 4 is 63.5 Å². The van der Waals surface area contributed by atoms with Gasteiger partial charge in [-0.15, -0.1) is 0 Å². The van der Waals surface area contributed by atoms with Crippen molar-refractivity contribution in [3.63, 3.8) is 0 Å². The Morgan fingerprint density at radius 2 is 2.03 bits per heavy atom. The summed E-state index contributed by atoms with van der Waals surface area (Å²) in [6.45, 7) is -0.573. The van der Waals surface area contributed by atoms with Crippen LogP contribution >= 0.6 is 35.6 Å². The number of carboxylic acid groups (broad SMARTS) is 1. The number of carboxylic acids is 1. The first kappa shape index (κ1) is 21.8. The molecular weight excluding hydrogens is 452 g/mol. The molecule has 2 aromatic carbocycles. The van der Waals surface area contributed by atoms with E-state index in [1.165, 1.54) is 24.3 Å². The van der Waals surface area contributed by atoms with Gasteiger partial charge in [0.05, 0.1) is 22.3 Å². The number of non-ortho nitro benzene ring substituents is 1. The molecule has 154 valence electrons. The molecule has 0 spiro atoms. The number of halogens is 1. The monoisotopic (exact) mass is 463 g/mol. The van der Waals surface area contributed by atoms with Crippen LogP contribution in [0, 0.1) is 10.1 Å². The number of ether oxygens (including phenoxy) is 1. The second-order valence-corrected chi connectivity index (χ2v) is 8.08. The summed E-state index contributed by atoms with van der Waals surface area (Å²) in [7, 11) is 0. The van der Waals surface area contributed by atoms with Crippen LogP contribution in [0.25, 0.3) is 6.08 Å². The van der Waals surface area contributed by atoms with E-state index >= 15 is 0 Å². The molecule has 1 amide bonds. The van der Waals surface area contributed by atoms with E-state index in [2.05, 4.69) is 0 Å². The number of hydrogen-bond donors (Lipinski definition) is 0. The number of thioether (sulfide) groups is 1. The van der Waals surface area contributed by atoms with Crippen LogP contribution in [0.4, 0.5) is 5.69 Å². The van der Waals surface area contributed by atoms with Crippen molar-refractivity contribution < 1.29 is 24.4 Å². The Balaban J connectivity index is 1.93. The second kappa shape index (κ2) is 9.24. The van der Waals surface area contributed by atoms with Crippen LogP contribution in [0.5, 0.6) is 5.75 Å². The highest BCUT2D eigenvalue weighted by Gasteiger charge is 2.32. The Hall–Kier alpha value is -2.95. The molecule has 11 heteroatoms. The molecule has 0 N–H and O–H groups in total. The lowest BCUT2D eigenvalue weighted by atomic mass is 10.1. The molecule has 0 saturated carbocycles. The van der Waals surface area contributed by atoms with Crippen molar-refractivity contribution in [2.24, 2.45) is 0 Å². The van der Waals surface area contributed by atoms with Crippen LogP contribution in [-0.2, 0) is 16.2 Å². The molecule has 1 fully saturated rings. The summed E-state index contributed by atoms with van der Waals surface area (Å²) in [6, 6.07) is 11.0.